The van der Waals surface area contributed by atoms with E-state index in [0.29, 0.717) is 18.1 Å². The molecular formula is C17H27NO2. The maximum Gasteiger partial charge on any atom is 0.118 e. The third-order valence-corrected chi connectivity index (χ3v) is 4.17. The molecule has 1 fully saturated rings. The normalized spacial score (nSPS) is 23.8. The Kier molecular flexibility index (Phi) is 5.86. The lowest BCUT2D eigenvalue weighted by molar-refractivity contribution is 0.116. The summed E-state index contributed by atoms with van der Waals surface area (Å²) in [6, 6.07) is 8.97. The highest BCUT2D eigenvalue weighted by Gasteiger charge is 2.28. The highest BCUT2D eigenvalue weighted by Crippen LogP contribution is 2.25. The second-order valence-electron chi connectivity index (χ2n) is 5.69. The van der Waals surface area contributed by atoms with Crippen molar-refractivity contribution in [2.75, 3.05) is 20.3 Å². The fourth-order valence-electron chi connectivity index (χ4n) is 3.01. The van der Waals surface area contributed by atoms with Crippen molar-refractivity contribution in [2.24, 2.45) is 5.92 Å². The molecule has 20 heavy (non-hydrogen) atoms. The van der Waals surface area contributed by atoms with E-state index in [1.54, 1.807) is 7.11 Å². The van der Waals surface area contributed by atoms with E-state index < -0.39 is 0 Å². The molecule has 3 nitrogen and oxygen atoms in total. The van der Waals surface area contributed by atoms with Crippen molar-refractivity contribution in [1.29, 1.82) is 0 Å². The van der Waals surface area contributed by atoms with E-state index in [1.807, 2.05) is 12.1 Å². The zero-order valence-electron chi connectivity index (χ0n) is 12.9. The Morgan fingerprint density at radius 1 is 1.35 bits per heavy atom. The van der Waals surface area contributed by atoms with E-state index in [9.17, 15) is 0 Å². The average molecular weight is 277 g/mol. The Balaban J connectivity index is 1.87. The second kappa shape index (κ2) is 7.65. The van der Waals surface area contributed by atoms with Crippen molar-refractivity contribution in [3.05, 3.63) is 29.8 Å². The minimum Gasteiger partial charge on any atom is -0.497 e. The number of hydrogen-bond donors (Lipinski definition) is 1. The Morgan fingerprint density at radius 2 is 2.10 bits per heavy atom. The van der Waals surface area contributed by atoms with Gasteiger partial charge in [-0.3, -0.25) is 0 Å². The Labute approximate surface area is 122 Å². The highest BCUT2D eigenvalue weighted by atomic mass is 16.5. The molecule has 1 heterocycles. The summed E-state index contributed by atoms with van der Waals surface area (Å²) < 4.78 is 10.9. The van der Waals surface area contributed by atoms with Crippen molar-refractivity contribution in [3.63, 3.8) is 0 Å². The summed E-state index contributed by atoms with van der Waals surface area (Å²) in [6.07, 6.45) is 3.87. The minimum atomic E-state index is 0.419. The van der Waals surface area contributed by atoms with Crippen LogP contribution in [0.5, 0.6) is 5.75 Å². The molecule has 3 atom stereocenters. The SMILES string of the molecule is CCNC(CCc1ccc(OC)cc1)C1COC(C)C1. The first kappa shape index (κ1) is 15.3. The van der Waals surface area contributed by atoms with Crippen molar-refractivity contribution in [3.8, 4) is 5.75 Å². The molecule has 3 unspecified atom stereocenters. The largest absolute Gasteiger partial charge is 0.497 e. The van der Waals surface area contributed by atoms with Gasteiger partial charge >= 0.3 is 0 Å². The number of ether oxygens (including phenoxy) is 2. The van der Waals surface area contributed by atoms with Gasteiger partial charge in [0.15, 0.2) is 0 Å². The van der Waals surface area contributed by atoms with Gasteiger partial charge in [-0.1, -0.05) is 19.1 Å². The number of methoxy groups -OCH3 is 1. The molecule has 0 saturated carbocycles. The molecular weight excluding hydrogens is 250 g/mol. The van der Waals surface area contributed by atoms with Gasteiger partial charge in [0.1, 0.15) is 5.75 Å². The van der Waals surface area contributed by atoms with Gasteiger partial charge in [0, 0.05) is 12.0 Å². The maximum atomic E-state index is 5.72. The lowest BCUT2D eigenvalue weighted by Crippen LogP contribution is -2.37. The lowest BCUT2D eigenvalue weighted by atomic mass is 9.92. The maximum absolute atomic E-state index is 5.72. The Bertz CT molecular complexity index is 390. The molecule has 1 aromatic carbocycles. The summed E-state index contributed by atoms with van der Waals surface area (Å²) >= 11 is 0. The molecule has 0 spiro atoms. The minimum absolute atomic E-state index is 0.419. The topological polar surface area (TPSA) is 30.5 Å². The second-order valence-corrected chi connectivity index (χ2v) is 5.69. The number of hydrogen-bond acceptors (Lipinski definition) is 3. The van der Waals surface area contributed by atoms with Crippen LogP contribution in [0.15, 0.2) is 24.3 Å². The van der Waals surface area contributed by atoms with Crippen LogP contribution < -0.4 is 10.1 Å². The van der Waals surface area contributed by atoms with E-state index in [4.69, 9.17) is 9.47 Å². The molecule has 0 aliphatic carbocycles. The third-order valence-electron chi connectivity index (χ3n) is 4.17. The molecule has 1 N–H and O–H groups in total. The number of benzene rings is 1. The van der Waals surface area contributed by atoms with Gasteiger partial charge in [-0.25, -0.2) is 0 Å². The standard InChI is InChI=1S/C17H27NO2/c1-4-18-17(15-11-13(2)20-12-15)10-7-14-5-8-16(19-3)9-6-14/h5-6,8-9,13,15,17-18H,4,7,10-12H2,1-3H3. The lowest BCUT2D eigenvalue weighted by Gasteiger charge is -2.23. The first-order valence-corrected chi connectivity index (χ1v) is 7.70. The van der Waals surface area contributed by atoms with E-state index >= 15 is 0 Å². The van der Waals surface area contributed by atoms with Crippen LogP contribution in [-0.2, 0) is 11.2 Å². The van der Waals surface area contributed by atoms with E-state index in [-0.39, 0.29) is 0 Å². The molecule has 0 bridgehead atoms. The fourth-order valence-corrected chi connectivity index (χ4v) is 3.01. The van der Waals surface area contributed by atoms with Gasteiger partial charge in [-0.05, 0) is 50.4 Å². The van der Waals surface area contributed by atoms with Crippen LogP contribution in [0.2, 0.25) is 0 Å². The summed E-state index contributed by atoms with van der Waals surface area (Å²) in [7, 11) is 1.71. The van der Waals surface area contributed by atoms with Gasteiger partial charge in [0.05, 0.1) is 19.8 Å². The predicted octanol–water partition coefficient (Wildman–Crippen LogP) is 3.03. The van der Waals surface area contributed by atoms with Gasteiger partial charge in [-0.2, -0.15) is 0 Å². The van der Waals surface area contributed by atoms with Crippen LogP contribution in [0.25, 0.3) is 0 Å². The monoisotopic (exact) mass is 277 g/mol. The average Bonchev–Trinajstić information content (AvgIpc) is 2.90. The third kappa shape index (κ3) is 4.22. The zero-order valence-corrected chi connectivity index (χ0v) is 12.9. The van der Waals surface area contributed by atoms with Crippen LogP contribution in [0.4, 0.5) is 0 Å². The molecule has 1 saturated heterocycles. The van der Waals surface area contributed by atoms with Crippen LogP contribution in [-0.4, -0.2) is 32.4 Å². The van der Waals surface area contributed by atoms with E-state index in [1.165, 1.54) is 18.4 Å². The Hall–Kier alpha value is -1.06. The smallest absolute Gasteiger partial charge is 0.118 e. The first-order chi connectivity index (χ1) is 9.72. The summed E-state index contributed by atoms with van der Waals surface area (Å²) in [5.74, 6) is 1.58. The molecule has 1 aromatic rings. The van der Waals surface area contributed by atoms with Gasteiger partial charge in [-0.15, -0.1) is 0 Å². The number of aryl methyl sites for hydroxylation is 1. The van der Waals surface area contributed by atoms with Crippen LogP contribution in [0.3, 0.4) is 0 Å². The van der Waals surface area contributed by atoms with Crippen LogP contribution in [0.1, 0.15) is 32.3 Å². The van der Waals surface area contributed by atoms with Crippen molar-refractivity contribution in [1.82, 2.24) is 5.32 Å². The van der Waals surface area contributed by atoms with Crippen molar-refractivity contribution in [2.45, 2.75) is 45.3 Å². The van der Waals surface area contributed by atoms with Crippen molar-refractivity contribution < 1.29 is 9.47 Å². The summed E-state index contributed by atoms with van der Waals surface area (Å²) in [5, 5.41) is 3.63. The molecule has 2 rings (SSSR count). The molecule has 0 aromatic heterocycles. The molecule has 1 aliphatic heterocycles. The van der Waals surface area contributed by atoms with Gasteiger partial charge < -0.3 is 14.8 Å². The predicted molar refractivity (Wildman–Crippen MR) is 82.3 cm³/mol. The quantitative estimate of drug-likeness (QED) is 0.831. The summed E-state index contributed by atoms with van der Waals surface area (Å²) in [5.41, 5.74) is 1.38. The molecule has 1 aliphatic rings. The molecule has 112 valence electrons. The fraction of sp³-hybridized carbons (Fsp3) is 0.647. The van der Waals surface area contributed by atoms with E-state index in [2.05, 4.69) is 31.3 Å². The Morgan fingerprint density at radius 3 is 2.65 bits per heavy atom. The first-order valence-electron chi connectivity index (χ1n) is 7.70. The summed E-state index contributed by atoms with van der Waals surface area (Å²) in [4.78, 5) is 0. The molecule has 0 radical (unpaired) electrons. The molecule has 0 amide bonds. The number of nitrogens with one attached hydrogen (secondary N) is 1. The highest BCUT2D eigenvalue weighted by molar-refractivity contribution is 5.27. The van der Waals surface area contributed by atoms with E-state index in [0.717, 1.165) is 25.3 Å². The van der Waals surface area contributed by atoms with Crippen LogP contribution in [0, 0.1) is 5.92 Å². The van der Waals surface area contributed by atoms with Crippen LogP contribution >= 0.6 is 0 Å². The van der Waals surface area contributed by atoms with Gasteiger partial charge in [0.2, 0.25) is 0 Å². The molecule has 3 heteroatoms. The van der Waals surface area contributed by atoms with Crippen molar-refractivity contribution >= 4 is 0 Å². The zero-order chi connectivity index (χ0) is 14.4. The summed E-state index contributed by atoms with van der Waals surface area (Å²) in [6.45, 7) is 6.28. The number of rotatable bonds is 7. The van der Waals surface area contributed by atoms with Gasteiger partial charge in [0.25, 0.3) is 0 Å².